The highest BCUT2D eigenvalue weighted by atomic mass is 32.2. The molecular weight excluding hydrogens is 270 g/mol. The maximum atomic E-state index is 5.24. The van der Waals surface area contributed by atoms with Crippen LogP contribution in [0.25, 0.3) is 0 Å². The highest BCUT2D eigenvalue weighted by Crippen LogP contribution is 2.44. The molecule has 0 radical (unpaired) electrons. The van der Waals surface area contributed by atoms with Gasteiger partial charge in [-0.05, 0) is 50.0 Å². The summed E-state index contributed by atoms with van der Waals surface area (Å²) in [5, 5.41) is 6.76. The molecule has 1 rings (SSSR count). The topological polar surface area (TPSA) is 45.7 Å². The van der Waals surface area contributed by atoms with Gasteiger partial charge < -0.3 is 15.4 Å². The lowest BCUT2D eigenvalue weighted by atomic mass is 9.67. The molecule has 0 aromatic carbocycles. The van der Waals surface area contributed by atoms with Crippen LogP contribution in [-0.2, 0) is 4.74 Å². The van der Waals surface area contributed by atoms with Crippen molar-refractivity contribution in [3.05, 3.63) is 0 Å². The first-order valence-electron chi connectivity index (χ1n) is 7.76. The summed E-state index contributed by atoms with van der Waals surface area (Å²) in [6.07, 6.45) is 8.41. The number of aliphatic imine (C=N–C) groups is 1. The summed E-state index contributed by atoms with van der Waals surface area (Å²) in [5.74, 6) is 2.17. The molecule has 0 heterocycles. The summed E-state index contributed by atoms with van der Waals surface area (Å²) in [7, 11) is 1.78. The van der Waals surface area contributed by atoms with Crippen molar-refractivity contribution in [3.63, 3.8) is 0 Å². The Morgan fingerprint density at radius 3 is 2.70 bits per heavy atom. The minimum absolute atomic E-state index is 0.400. The molecule has 0 unspecified atom stereocenters. The van der Waals surface area contributed by atoms with E-state index >= 15 is 0 Å². The monoisotopic (exact) mass is 301 g/mol. The third kappa shape index (κ3) is 6.35. The van der Waals surface area contributed by atoms with Gasteiger partial charge in [0, 0.05) is 33.4 Å². The normalized spacial score (nSPS) is 17.6. The fourth-order valence-electron chi connectivity index (χ4n) is 2.49. The number of thioether (sulfide) groups is 1. The largest absolute Gasteiger partial charge is 0.385 e. The van der Waals surface area contributed by atoms with Crippen LogP contribution >= 0.6 is 11.8 Å². The van der Waals surface area contributed by atoms with Gasteiger partial charge in [-0.15, -0.1) is 0 Å². The Kier molecular flexibility index (Phi) is 9.10. The van der Waals surface area contributed by atoms with E-state index in [2.05, 4.69) is 23.8 Å². The smallest absolute Gasteiger partial charge is 0.191 e. The Bertz CT molecular complexity index is 280. The van der Waals surface area contributed by atoms with Gasteiger partial charge in [-0.3, -0.25) is 4.99 Å². The first-order chi connectivity index (χ1) is 9.76. The highest BCUT2D eigenvalue weighted by molar-refractivity contribution is 7.98. The van der Waals surface area contributed by atoms with E-state index in [-0.39, 0.29) is 0 Å². The molecule has 1 aliphatic rings. The van der Waals surface area contributed by atoms with Crippen LogP contribution in [0, 0.1) is 5.41 Å². The van der Waals surface area contributed by atoms with Gasteiger partial charge in [0.15, 0.2) is 5.96 Å². The van der Waals surface area contributed by atoms with E-state index in [0.717, 1.165) is 38.6 Å². The van der Waals surface area contributed by atoms with Crippen LogP contribution in [0.15, 0.2) is 4.99 Å². The number of methoxy groups -OCH3 is 1. The predicted octanol–water partition coefficient (Wildman–Crippen LogP) is 2.50. The van der Waals surface area contributed by atoms with Crippen LogP contribution in [0.4, 0.5) is 0 Å². The number of hydrogen-bond donors (Lipinski definition) is 2. The maximum Gasteiger partial charge on any atom is 0.191 e. The zero-order chi connectivity index (χ0) is 14.7. The lowest BCUT2D eigenvalue weighted by Crippen LogP contribution is -2.40. The second kappa shape index (κ2) is 10.3. The van der Waals surface area contributed by atoms with E-state index in [0.29, 0.717) is 5.41 Å². The van der Waals surface area contributed by atoms with Gasteiger partial charge in [-0.1, -0.05) is 6.42 Å². The van der Waals surface area contributed by atoms with Crippen molar-refractivity contribution in [2.24, 2.45) is 10.4 Å². The summed E-state index contributed by atoms with van der Waals surface area (Å²) in [5.41, 5.74) is 0.400. The Morgan fingerprint density at radius 2 is 2.15 bits per heavy atom. The lowest BCUT2D eigenvalue weighted by Gasteiger charge is -2.40. The minimum atomic E-state index is 0.400. The SMILES string of the molecule is CCNC(=NCC1(CCOC)CCC1)NCCCSC. The fourth-order valence-corrected chi connectivity index (χ4v) is 2.93. The molecule has 2 N–H and O–H groups in total. The van der Waals surface area contributed by atoms with Crippen molar-refractivity contribution in [2.75, 3.05) is 45.4 Å². The molecule has 0 saturated heterocycles. The van der Waals surface area contributed by atoms with E-state index < -0.39 is 0 Å². The molecule has 5 heteroatoms. The standard InChI is InChI=1S/C15H31N3OS/c1-4-16-14(17-10-6-12-20-3)18-13-15(7-5-8-15)9-11-19-2/h4-13H2,1-3H3,(H2,16,17,18). The Balaban J connectivity index is 2.39. The van der Waals surface area contributed by atoms with E-state index in [9.17, 15) is 0 Å². The van der Waals surface area contributed by atoms with E-state index in [1.54, 1.807) is 7.11 Å². The van der Waals surface area contributed by atoms with Gasteiger partial charge in [0.2, 0.25) is 0 Å². The van der Waals surface area contributed by atoms with Crippen molar-refractivity contribution >= 4 is 17.7 Å². The summed E-state index contributed by atoms with van der Waals surface area (Å²) < 4.78 is 5.24. The van der Waals surface area contributed by atoms with Crippen molar-refractivity contribution in [2.45, 2.75) is 39.0 Å². The number of hydrogen-bond acceptors (Lipinski definition) is 3. The molecule has 0 aliphatic heterocycles. The van der Waals surface area contributed by atoms with Crippen LogP contribution in [0.3, 0.4) is 0 Å². The van der Waals surface area contributed by atoms with Crippen LogP contribution < -0.4 is 10.6 Å². The first-order valence-corrected chi connectivity index (χ1v) is 9.16. The van der Waals surface area contributed by atoms with Crippen LogP contribution in [0.5, 0.6) is 0 Å². The molecule has 118 valence electrons. The van der Waals surface area contributed by atoms with Crippen LogP contribution in [0.2, 0.25) is 0 Å². The Hall–Kier alpha value is -0.420. The van der Waals surface area contributed by atoms with Crippen molar-refractivity contribution < 1.29 is 4.74 Å². The Labute approximate surface area is 128 Å². The summed E-state index contributed by atoms with van der Waals surface area (Å²) in [6.45, 7) is 5.81. The number of guanidine groups is 1. The summed E-state index contributed by atoms with van der Waals surface area (Å²) >= 11 is 1.89. The maximum absolute atomic E-state index is 5.24. The van der Waals surface area contributed by atoms with E-state index in [1.165, 1.54) is 31.4 Å². The molecule has 4 nitrogen and oxygen atoms in total. The van der Waals surface area contributed by atoms with E-state index in [1.807, 2.05) is 11.8 Å². The first kappa shape index (κ1) is 17.6. The molecule has 1 aliphatic carbocycles. The average Bonchev–Trinajstić information content (AvgIpc) is 2.41. The molecular formula is C15H31N3OS. The van der Waals surface area contributed by atoms with E-state index in [4.69, 9.17) is 9.73 Å². The zero-order valence-corrected chi connectivity index (χ0v) is 14.2. The molecule has 0 atom stereocenters. The fraction of sp³-hybridized carbons (Fsp3) is 0.933. The summed E-state index contributed by atoms with van der Waals surface area (Å²) in [4.78, 5) is 4.79. The third-order valence-corrected chi connectivity index (χ3v) is 4.68. The van der Waals surface area contributed by atoms with Crippen molar-refractivity contribution in [3.8, 4) is 0 Å². The van der Waals surface area contributed by atoms with Crippen LogP contribution in [0.1, 0.15) is 39.0 Å². The quantitative estimate of drug-likeness (QED) is 0.370. The lowest BCUT2D eigenvalue weighted by molar-refractivity contribution is 0.0778. The molecule has 1 saturated carbocycles. The number of nitrogens with one attached hydrogen (secondary N) is 2. The minimum Gasteiger partial charge on any atom is -0.385 e. The number of rotatable bonds is 10. The van der Waals surface area contributed by atoms with Gasteiger partial charge in [0.05, 0.1) is 0 Å². The highest BCUT2D eigenvalue weighted by Gasteiger charge is 2.36. The number of nitrogens with zero attached hydrogens (tertiary/aromatic N) is 1. The zero-order valence-electron chi connectivity index (χ0n) is 13.3. The van der Waals surface area contributed by atoms with Crippen LogP contribution in [-0.4, -0.2) is 51.3 Å². The molecule has 0 aromatic rings. The van der Waals surface area contributed by atoms with Gasteiger partial charge in [0.1, 0.15) is 0 Å². The third-order valence-electron chi connectivity index (χ3n) is 3.99. The Morgan fingerprint density at radius 1 is 1.35 bits per heavy atom. The van der Waals surface area contributed by atoms with Gasteiger partial charge in [0.25, 0.3) is 0 Å². The van der Waals surface area contributed by atoms with Crippen molar-refractivity contribution in [1.29, 1.82) is 0 Å². The van der Waals surface area contributed by atoms with Crippen molar-refractivity contribution in [1.82, 2.24) is 10.6 Å². The van der Waals surface area contributed by atoms with Gasteiger partial charge in [-0.25, -0.2) is 0 Å². The number of ether oxygens (including phenoxy) is 1. The molecule has 0 aromatic heterocycles. The average molecular weight is 301 g/mol. The second-order valence-corrected chi connectivity index (χ2v) is 6.55. The molecule has 0 spiro atoms. The predicted molar refractivity (Wildman–Crippen MR) is 89.8 cm³/mol. The van der Waals surface area contributed by atoms with Gasteiger partial charge >= 0.3 is 0 Å². The molecule has 0 amide bonds. The second-order valence-electron chi connectivity index (χ2n) is 5.56. The molecule has 20 heavy (non-hydrogen) atoms. The summed E-state index contributed by atoms with van der Waals surface area (Å²) in [6, 6.07) is 0. The molecule has 0 bridgehead atoms. The molecule has 1 fully saturated rings. The van der Waals surface area contributed by atoms with Gasteiger partial charge in [-0.2, -0.15) is 11.8 Å².